The van der Waals surface area contributed by atoms with Crippen molar-refractivity contribution in [3.05, 3.63) is 142 Å². The zero-order valence-electron chi connectivity index (χ0n) is 30.5. The van der Waals surface area contributed by atoms with Crippen molar-refractivity contribution in [1.29, 1.82) is 0 Å². The first-order chi connectivity index (χ1) is 26.7. The summed E-state index contributed by atoms with van der Waals surface area (Å²) in [5.41, 5.74) is 4.02. The van der Waals surface area contributed by atoms with Gasteiger partial charge in [0.25, 0.3) is 0 Å². The summed E-state index contributed by atoms with van der Waals surface area (Å²) in [5.74, 6) is 0.230. The molecule has 1 N–H and O–H groups in total. The number of aromatic amines is 1. The molecule has 0 saturated carbocycles. The van der Waals surface area contributed by atoms with Gasteiger partial charge < -0.3 is 18.9 Å². The molecule has 9 nitrogen and oxygen atoms in total. The highest BCUT2D eigenvalue weighted by Gasteiger charge is 2.38. The molecule has 3 aliphatic heterocycles. The summed E-state index contributed by atoms with van der Waals surface area (Å²) < 4.78 is 38.4. The first-order valence-electron chi connectivity index (χ1n) is 18.1. The van der Waals surface area contributed by atoms with E-state index >= 15 is 4.39 Å². The molecule has 5 aromatic rings. The van der Waals surface area contributed by atoms with Gasteiger partial charge in [0, 0.05) is 18.5 Å². The number of hydrogen-bond acceptors (Lipinski definition) is 7. The van der Waals surface area contributed by atoms with Crippen LogP contribution in [0.25, 0.3) is 11.1 Å². The first-order valence-corrected chi connectivity index (χ1v) is 18.9. The van der Waals surface area contributed by atoms with E-state index in [-0.39, 0.29) is 24.8 Å². The number of piperidine rings is 3. The smallest absolute Gasteiger partial charge is 0.415 e. The van der Waals surface area contributed by atoms with Crippen molar-refractivity contribution in [3.8, 4) is 22.6 Å². The summed E-state index contributed by atoms with van der Waals surface area (Å²) in [6.07, 6.45) is 3.78. The van der Waals surface area contributed by atoms with Crippen LogP contribution in [0.5, 0.6) is 11.5 Å². The Hall–Kier alpha value is -5.16. The fourth-order valence-corrected chi connectivity index (χ4v) is 7.88. The van der Waals surface area contributed by atoms with Gasteiger partial charge in [0.15, 0.2) is 23.9 Å². The first kappa shape index (κ1) is 38.1. The molecule has 0 spiro atoms. The molecule has 12 heteroatoms. The van der Waals surface area contributed by atoms with Crippen LogP contribution in [0.4, 0.5) is 14.9 Å². The second-order valence-electron chi connectivity index (χ2n) is 13.7. The fraction of sp³-hybridized carbons (Fsp3) is 0.279. The number of pyridine rings is 1. The number of hydrogen-bond donors (Lipinski definition) is 0. The van der Waals surface area contributed by atoms with Crippen LogP contribution in [-0.2, 0) is 22.4 Å². The molecule has 4 heterocycles. The number of esters is 1. The number of amides is 1. The van der Waals surface area contributed by atoms with Crippen molar-refractivity contribution >= 4 is 41.0 Å². The van der Waals surface area contributed by atoms with Crippen LogP contribution in [0.3, 0.4) is 0 Å². The zero-order valence-corrected chi connectivity index (χ0v) is 32.0. The number of H-pyrrole nitrogens is 1. The number of nitrogens with zero attached hydrogens (tertiary/aromatic N) is 2. The molecule has 1 aromatic heterocycles. The number of benzene rings is 4. The van der Waals surface area contributed by atoms with E-state index in [1.54, 1.807) is 74.1 Å². The third-order valence-electron chi connectivity index (χ3n) is 10.3. The summed E-state index contributed by atoms with van der Waals surface area (Å²) in [7, 11) is 3.08. The maximum absolute atomic E-state index is 15.2. The number of fused-ring (bicyclic) bond motifs is 3. The minimum atomic E-state index is -0.790. The van der Waals surface area contributed by atoms with Gasteiger partial charge in [-0.1, -0.05) is 71.7 Å². The third-order valence-corrected chi connectivity index (χ3v) is 11.0. The van der Waals surface area contributed by atoms with E-state index in [9.17, 15) is 9.59 Å². The lowest BCUT2D eigenvalue weighted by molar-refractivity contribution is -0.377. The van der Waals surface area contributed by atoms with Gasteiger partial charge in [-0.25, -0.2) is 19.0 Å². The quantitative estimate of drug-likeness (QED) is 0.117. The number of nitrogens with one attached hydrogen (secondary N) is 1. The van der Waals surface area contributed by atoms with Crippen molar-refractivity contribution in [2.75, 3.05) is 38.8 Å². The molecule has 3 saturated heterocycles. The molecule has 2 bridgehead atoms. The van der Waals surface area contributed by atoms with E-state index in [0.29, 0.717) is 50.7 Å². The van der Waals surface area contributed by atoms with Crippen molar-refractivity contribution in [1.82, 2.24) is 4.90 Å². The Kier molecular flexibility index (Phi) is 11.9. The molecule has 284 valence electrons. The lowest BCUT2D eigenvalue weighted by atomic mass is 9.86. The number of para-hydroxylation sites is 1. The molecule has 4 aromatic carbocycles. The van der Waals surface area contributed by atoms with E-state index in [4.69, 9.17) is 42.1 Å². The number of anilines is 1. The molecule has 1 amide bonds. The number of methoxy groups -OCH3 is 2. The largest absolute Gasteiger partial charge is 0.493 e. The molecule has 0 radical (unpaired) electrons. The average Bonchev–Trinajstić information content (AvgIpc) is 3.21. The Morgan fingerprint density at radius 1 is 0.873 bits per heavy atom. The van der Waals surface area contributed by atoms with Gasteiger partial charge in [-0.3, -0.25) is 9.80 Å². The summed E-state index contributed by atoms with van der Waals surface area (Å²) in [6, 6.07) is 26.2. The fourth-order valence-electron chi connectivity index (χ4n) is 7.35. The van der Waals surface area contributed by atoms with Gasteiger partial charge in [0.05, 0.1) is 32.0 Å². The Balaban J connectivity index is 1.13. The molecule has 2 atom stereocenters. The lowest BCUT2D eigenvalue weighted by Gasteiger charge is -2.44. The van der Waals surface area contributed by atoms with Crippen molar-refractivity contribution in [3.63, 3.8) is 0 Å². The van der Waals surface area contributed by atoms with Crippen molar-refractivity contribution < 1.29 is 37.9 Å². The molecular formula is C43H41Cl2FN3O6+. The number of rotatable bonds is 12. The van der Waals surface area contributed by atoms with E-state index in [1.165, 1.54) is 18.1 Å². The number of halogens is 3. The Labute approximate surface area is 329 Å². The zero-order chi connectivity index (χ0) is 38.5. The summed E-state index contributed by atoms with van der Waals surface area (Å²) in [6.45, 7) is 2.79. The van der Waals surface area contributed by atoms with Crippen molar-refractivity contribution in [2.24, 2.45) is 5.92 Å². The molecule has 3 aliphatic rings. The van der Waals surface area contributed by atoms with Crippen LogP contribution < -0.4 is 19.4 Å². The SMILES string of the molecule is COc1ccc([C@H](Cc2c(Cl)c[nH+]cc2Cl)OC(=O)c2cccc(-c3cccc(CN(C(=O)O[C@H]4CN5CCC4CC5)c4ccccc4F)c3)c2)cc1OC. The molecular weight excluding hydrogens is 744 g/mol. The molecule has 8 rings (SSSR count). The van der Waals surface area contributed by atoms with Gasteiger partial charge in [0.2, 0.25) is 0 Å². The van der Waals surface area contributed by atoms with Gasteiger partial charge in [0.1, 0.15) is 28.1 Å². The van der Waals surface area contributed by atoms with E-state index in [2.05, 4.69) is 9.88 Å². The van der Waals surface area contributed by atoms with Gasteiger partial charge >= 0.3 is 12.1 Å². The highest BCUT2D eigenvalue weighted by molar-refractivity contribution is 6.35. The molecule has 3 fully saturated rings. The monoisotopic (exact) mass is 784 g/mol. The highest BCUT2D eigenvalue weighted by atomic mass is 35.5. The third kappa shape index (κ3) is 8.72. The normalized spacial score (nSPS) is 17.9. The van der Waals surface area contributed by atoms with E-state index in [0.717, 1.165) is 42.6 Å². The number of aromatic nitrogens is 1. The van der Waals surface area contributed by atoms with Gasteiger partial charge in [-0.2, -0.15) is 0 Å². The lowest BCUT2D eigenvalue weighted by Crippen LogP contribution is -2.53. The van der Waals surface area contributed by atoms with Crippen LogP contribution in [0.1, 0.15) is 46.0 Å². The average molecular weight is 786 g/mol. The van der Waals surface area contributed by atoms with Crippen LogP contribution in [0.15, 0.2) is 103 Å². The van der Waals surface area contributed by atoms with E-state index < -0.39 is 24.0 Å². The summed E-state index contributed by atoms with van der Waals surface area (Å²) in [5, 5.41) is 0.800. The molecule has 55 heavy (non-hydrogen) atoms. The van der Waals surface area contributed by atoms with E-state index in [1.807, 2.05) is 30.3 Å². The highest BCUT2D eigenvalue weighted by Crippen LogP contribution is 2.36. The minimum absolute atomic E-state index is 0.0752. The van der Waals surface area contributed by atoms with Crippen molar-refractivity contribution in [2.45, 2.75) is 38.0 Å². The number of carbonyl (C=O) groups is 2. The maximum Gasteiger partial charge on any atom is 0.415 e. The predicted octanol–water partition coefficient (Wildman–Crippen LogP) is 9.01. The van der Waals surface area contributed by atoms with Crippen LogP contribution >= 0.6 is 23.2 Å². The Bertz CT molecular complexity index is 2160. The van der Waals surface area contributed by atoms with Gasteiger partial charge in [-0.05, 0) is 96.6 Å². The molecule has 0 unspecified atom stereocenters. The number of carbonyl (C=O) groups excluding carboxylic acids is 2. The second kappa shape index (κ2) is 17.1. The number of ether oxygens (including phenoxy) is 4. The van der Waals surface area contributed by atoms with Crippen LogP contribution in [0.2, 0.25) is 10.0 Å². The predicted molar refractivity (Wildman–Crippen MR) is 208 cm³/mol. The summed E-state index contributed by atoms with van der Waals surface area (Å²) >= 11 is 13.0. The Morgan fingerprint density at radius 2 is 1.58 bits per heavy atom. The van der Waals surface area contributed by atoms with Gasteiger partial charge in [-0.15, -0.1) is 0 Å². The minimum Gasteiger partial charge on any atom is -0.493 e. The standard InChI is InChI=1S/C43H40Cl2FN3O6/c1-52-38-14-13-31(21-40(38)53-2)39(22-33-34(44)23-47-24-35(33)45)54-42(50)32-10-6-9-30(20-32)29-8-5-7-27(19-29)25-49(37-12-4-3-11-36(37)46)43(51)55-41-26-48-17-15-28(41)16-18-48/h3-14,19-21,23-24,28,39,41H,15-18,22,25-26H2,1-2H3/p+1/t39-,41-/m0/s1. The van der Waals surface area contributed by atoms with Crippen LogP contribution in [-0.4, -0.2) is 56.9 Å². The second-order valence-corrected chi connectivity index (χ2v) is 14.5. The topological polar surface area (TPSA) is 91.7 Å². The van der Waals surface area contributed by atoms with Crippen LogP contribution in [0, 0.1) is 11.7 Å². The maximum atomic E-state index is 15.2. The summed E-state index contributed by atoms with van der Waals surface area (Å²) in [4.78, 5) is 34.2. The Morgan fingerprint density at radius 3 is 2.27 bits per heavy atom. The molecule has 0 aliphatic carbocycles.